The van der Waals surface area contributed by atoms with Gasteiger partial charge in [-0.2, -0.15) is 0 Å². The van der Waals surface area contributed by atoms with Crippen molar-refractivity contribution in [1.82, 2.24) is 4.98 Å². The van der Waals surface area contributed by atoms with Crippen molar-refractivity contribution >= 4 is 45.3 Å². The molecule has 5 nitrogen and oxygen atoms in total. The number of aromatic amines is 1. The molecule has 0 aliphatic rings. The van der Waals surface area contributed by atoms with Gasteiger partial charge in [0.2, 0.25) is 0 Å². The number of hydrogen-bond acceptors (Lipinski definition) is 4. The molecule has 136 valence electrons. The minimum Gasteiger partial charge on any atom is -0.465 e. The molecule has 3 rings (SSSR count). The number of H-pyrrole nitrogens is 1. The van der Waals surface area contributed by atoms with Crippen LogP contribution < -0.4 is 0 Å². The summed E-state index contributed by atoms with van der Waals surface area (Å²) in [6.45, 7) is -0.114. The van der Waals surface area contributed by atoms with Crippen molar-refractivity contribution in [1.29, 1.82) is 0 Å². The minimum absolute atomic E-state index is 0.0282. The smallest absolute Gasteiger partial charge is 0.327 e. The van der Waals surface area contributed by atoms with Crippen LogP contribution in [0.1, 0.15) is 30.4 Å². The van der Waals surface area contributed by atoms with Gasteiger partial charge in [0.15, 0.2) is 5.41 Å². The summed E-state index contributed by atoms with van der Waals surface area (Å²) in [6.07, 6.45) is 0. The summed E-state index contributed by atoms with van der Waals surface area (Å²) in [5.74, 6) is -2.34. The van der Waals surface area contributed by atoms with Crippen LogP contribution in [0.25, 0.3) is 21.8 Å². The topological polar surface area (TPSA) is 68.4 Å². The first-order valence-corrected chi connectivity index (χ1v) is 8.60. The predicted octanol–water partition coefficient (Wildman–Crippen LogP) is 4.36. The van der Waals surface area contributed by atoms with Crippen molar-refractivity contribution in [2.45, 2.75) is 26.1 Å². The van der Waals surface area contributed by atoms with E-state index in [1.165, 1.54) is 26.0 Å². The van der Waals surface area contributed by atoms with E-state index in [0.29, 0.717) is 10.5 Å². The Labute approximate surface area is 160 Å². The van der Waals surface area contributed by atoms with Crippen LogP contribution in [0.15, 0.2) is 36.4 Å². The van der Waals surface area contributed by atoms with Gasteiger partial charge in [-0.3, -0.25) is 9.59 Å². The van der Waals surface area contributed by atoms with Gasteiger partial charge in [-0.25, -0.2) is 0 Å². The predicted molar refractivity (Wildman–Crippen MR) is 101 cm³/mol. The molecule has 26 heavy (non-hydrogen) atoms. The third kappa shape index (κ3) is 2.92. The van der Waals surface area contributed by atoms with Crippen molar-refractivity contribution in [2.75, 3.05) is 13.2 Å². The van der Waals surface area contributed by atoms with E-state index in [2.05, 4.69) is 4.98 Å². The highest BCUT2D eigenvalue weighted by atomic mass is 35.5. The van der Waals surface area contributed by atoms with Gasteiger partial charge in [-0.15, -0.1) is 0 Å². The molecular weight excluding hydrogens is 354 g/mol. The van der Waals surface area contributed by atoms with E-state index in [1.807, 2.05) is 0 Å². The van der Waals surface area contributed by atoms with Gasteiger partial charge >= 0.3 is 11.9 Å². The fraction of sp³-hybridized carbons (Fsp3) is 0.300. The zero-order valence-corrected chi connectivity index (χ0v) is 15.1. The van der Waals surface area contributed by atoms with Crippen LogP contribution in [0.2, 0.25) is 5.02 Å². The lowest BCUT2D eigenvalue weighted by molar-refractivity contribution is -0.163. The number of ether oxygens (including phenoxy) is 2. The van der Waals surface area contributed by atoms with Crippen LogP contribution >= 0.6 is 11.6 Å². The summed E-state index contributed by atoms with van der Waals surface area (Å²) in [4.78, 5) is 28.9. The van der Waals surface area contributed by atoms with Crippen molar-refractivity contribution in [3.8, 4) is 0 Å². The van der Waals surface area contributed by atoms with Gasteiger partial charge in [0.1, 0.15) is 0 Å². The zero-order chi connectivity index (χ0) is 21.4. The quantitative estimate of drug-likeness (QED) is 0.530. The molecule has 0 spiro atoms. The monoisotopic (exact) mass is 376 g/mol. The summed E-state index contributed by atoms with van der Waals surface area (Å²) in [6, 6.07) is 9.87. The standard InChI is InChI=1S/C20H20ClNO4/c1-4-25-18(23)20(3,19(24)26-5-2)12-6-8-14-15-11-13(21)7-9-16(15)22-17(14)10-12/h6-11,22H,4-5H2,1-3H3/i3D3. The van der Waals surface area contributed by atoms with Gasteiger partial charge in [-0.1, -0.05) is 23.7 Å². The average molecular weight is 377 g/mol. The van der Waals surface area contributed by atoms with Gasteiger partial charge in [-0.05, 0) is 50.5 Å². The lowest BCUT2D eigenvalue weighted by Crippen LogP contribution is -2.43. The summed E-state index contributed by atoms with van der Waals surface area (Å²) in [5.41, 5.74) is -1.28. The summed E-state index contributed by atoms with van der Waals surface area (Å²) in [7, 11) is 0. The lowest BCUT2D eigenvalue weighted by atomic mass is 9.82. The highest BCUT2D eigenvalue weighted by molar-refractivity contribution is 6.31. The summed E-state index contributed by atoms with van der Waals surface area (Å²) in [5, 5.41) is 2.17. The van der Waals surface area contributed by atoms with Crippen molar-refractivity contribution in [3.63, 3.8) is 0 Å². The maximum atomic E-state index is 12.9. The molecule has 0 aliphatic carbocycles. The molecule has 2 aromatic carbocycles. The maximum Gasteiger partial charge on any atom is 0.327 e. The second-order valence-corrected chi connectivity index (χ2v) is 6.20. The number of nitrogens with one attached hydrogen (secondary N) is 1. The number of aromatic nitrogens is 1. The van der Waals surface area contributed by atoms with Crippen LogP contribution in [0.5, 0.6) is 0 Å². The summed E-state index contributed by atoms with van der Waals surface area (Å²) >= 11 is 6.08. The first kappa shape index (κ1) is 14.6. The van der Waals surface area contributed by atoms with Crippen LogP contribution in [-0.4, -0.2) is 30.1 Å². The second-order valence-electron chi connectivity index (χ2n) is 5.77. The molecule has 1 heterocycles. The Morgan fingerprint density at radius 2 is 1.73 bits per heavy atom. The van der Waals surface area contributed by atoms with Crippen LogP contribution in [-0.2, 0) is 24.5 Å². The molecule has 0 saturated carbocycles. The van der Waals surface area contributed by atoms with E-state index in [0.717, 1.165) is 16.3 Å². The Morgan fingerprint density at radius 1 is 1.04 bits per heavy atom. The normalized spacial score (nSPS) is 13.9. The largest absolute Gasteiger partial charge is 0.465 e. The highest BCUT2D eigenvalue weighted by Crippen LogP contribution is 2.33. The van der Waals surface area contributed by atoms with E-state index in [4.69, 9.17) is 25.2 Å². The first-order chi connectivity index (χ1) is 13.7. The number of hydrogen-bond donors (Lipinski definition) is 1. The molecule has 0 fully saturated rings. The number of fused-ring (bicyclic) bond motifs is 3. The van der Waals surface area contributed by atoms with E-state index in [1.54, 1.807) is 24.3 Å². The fourth-order valence-electron chi connectivity index (χ4n) is 2.91. The molecular formula is C20H20ClNO4. The number of halogens is 1. The molecule has 0 bridgehead atoms. The lowest BCUT2D eigenvalue weighted by Gasteiger charge is -2.25. The van der Waals surface area contributed by atoms with E-state index in [9.17, 15) is 9.59 Å². The second kappa shape index (κ2) is 7.00. The van der Waals surface area contributed by atoms with Crippen LogP contribution in [0, 0.1) is 0 Å². The number of carbonyl (C=O) groups is 2. The Bertz CT molecular complexity index is 1070. The van der Waals surface area contributed by atoms with Crippen molar-refractivity contribution < 1.29 is 23.2 Å². The van der Waals surface area contributed by atoms with E-state index >= 15 is 0 Å². The Kier molecular flexibility index (Phi) is 3.94. The molecule has 0 radical (unpaired) electrons. The van der Waals surface area contributed by atoms with Crippen LogP contribution in [0.4, 0.5) is 0 Å². The Morgan fingerprint density at radius 3 is 2.35 bits per heavy atom. The number of esters is 2. The number of benzene rings is 2. The highest BCUT2D eigenvalue weighted by Gasteiger charge is 2.46. The van der Waals surface area contributed by atoms with Gasteiger partial charge in [0, 0.05) is 30.9 Å². The Balaban J connectivity index is 2.31. The molecule has 1 N–H and O–H groups in total. The van der Waals surface area contributed by atoms with E-state index in [-0.39, 0.29) is 18.8 Å². The molecule has 0 saturated heterocycles. The summed E-state index contributed by atoms with van der Waals surface area (Å²) < 4.78 is 34.2. The zero-order valence-electron chi connectivity index (χ0n) is 17.4. The van der Waals surface area contributed by atoms with Crippen molar-refractivity contribution in [3.05, 3.63) is 47.0 Å². The molecule has 0 amide bonds. The van der Waals surface area contributed by atoms with Crippen molar-refractivity contribution in [2.24, 2.45) is 0 Å². The first-order valence-electron chi connectivity index (χ1n) is 9.72. The number of rotatable bonds is 5. The fourth-order valence-corrected chi connectivity index (χ4v) is 3.08. The Hall–Kier alpha value is -2.53. The van der Waals surface area contributed by atoms with Gasteiger partial charge in [0.05, 0.1) is 13.2 Å². The third-order valence-corrected chi connectivity index (χ3v) is 4.39. The molecule has 0 unspecified atom stereocenters. The van der Waals surface area contributed by atoms with Crippen LogP contribution in [0.3, 0.4) is 0 Å². The minimum atomic E-state index is -3.03. The van der Waals surface area contributed by atoms with Gasteiger partial charge < -0.3 is 14.5 Å². The molecule has 0 atom stereocenters. The maximum absolute atomic E-state index is 12.9. The molecule has 6 heteroatoms. The SMILES string of the molecule is [2H]C([2H])([2H])C(C(=O)OCC)(C(=O)OCC)c1ccc2c(c1)[nH]c1ccc(Cl)cc12. The average Bonchev–Trinajstić information content (AvgIpc) is 2.98. The molecule has 1 aromatic heterocycles. The van der Waals surface area contributed by atoms with Gasteiger partial charge in [0.25, 0.3) is 0 Å². The van der Waals surface area contributed by atoms with E-state index < -0.39 is 24.2 Å². The number of carbonyl (C=O) groups excluding carboxylic acids is 2. The molecule has 3 aromatic rings. The third-order valence-electron chi connectivity index (χ3n) is 4.16. The molecule has 0 aliphatic heterocycles.